The van der Waals surface area contributed by atoms with Crippen LogP contribution >= 0.6 is 0 Å². The van der Waals surface area contributed by atoms with Crippen molar-refractivity contribution in [2.45, 2.75) is 69.4 Å². The third kappa shape index (κ3) is 2.89. The molecule has 0 aromatic carbocycles. The summed E-state index contributed by atoms with van der Waals surface area (Å²) in [6, 6.07) is 0.401. The van der Waals surface area contributed by atoms with E-state index in [2.05, 4.69) is 0 Å². The van der Waals surface area contributed by atoms with Crippen LogP contribution in [-0.2, 0) is 9.47 Å². The summed E-state index contributed by atoms with van der Waals surface area (Å²) in [6.07, 6.45) is 11.7. The fourth-order valence-corrected chi connectivity index (χ4v) is 5.73. The van der Waals surface area contributed by atoms with E-state index in [-0.39, 0.29) is 5.60 Å². The summed E-state index contributed by atoms with van der Waals surface area (Å²) in [4.78, 5) is 0. The highest BCUT2D eigenvalue weighted by molar-refractivity contribution is 4.95. The number of hydrogen-bond acceptors (Lipinski definition) is 3. The van der Waals surface area contributed by atoms with Crippen LogP contribution in [0, 0.1) is 23.7 Å². The van der Waals surface area contributed by atoms with Crippen LogP contribution in [0.1, 0.15) is 57.8 Å². The monoisotopic (exact) mass is 293 g/mol. The van der Waals surface area contributed by atoms with Gasteiger partial charge in [-0.1, -0.05) is 6.42 Å². The lowest BCUT2D eigenvalue weighted by atomic mass is 9.74. The minimum Gasteiger partial charge on any atom is -0.381 e. The molecule has 1 spiro atoms. The molecule has 3 nitrogen and oxygen atoms in total. The first-order valence-electron chi connectivity index (χ1n) is 9.21. The Morgan fingerprint density at radius 2 is 1.90 bits per heavy atom. The molecule has 2 saturated carbocycles. The van der Waals surface area contributed by atoms with E-state index in [9.17, 15) is 0 Å². The zero-order chi connectivity index (χ0) is 14.3. The molecule has 2 bridgehead atoms. The standard InChI is InChI=1S/C18H31NO2/c19-17(11-16-10-13-1-2-14(16)9-13)15-3-6-21-18(12-15)4-7-20-8-5-18/h13-17H,1-12,19H2. The predicted octanol–water partition coefficient (Wildman–Crippen LogP) is 3.12. The fraction of sp³-hybridized carbons (Fsp3) is 1.00. The van der Waals surface area contributed by atoms with E-state index in [1.807, 2.05) is 0 Å². The summed E-state index contributed by atoms with van der Waals surface area (Å²) in [5.74, 6) is 3.67. The first-order valence-corrected chi connectivity index (χ1v) is 9.21. The van der Waals surface area contributed by atoms with Gasteiger partial charge in [-0.05, 0) is 75.0 Å². The molecule has 2 N–H and O–H groups in total. The van der Waals surface area contributed by atoms with Crippen LogP contribution in [0.2, 0.25) is 0 Å². The van der Waals surface area contributed by atoms with E-state index >= 15 is 0 Å². The molecular formula is C18H31NO2. The SMILES string of the molecule is NC(CC1CC2CCC1C2)C1CCOC2(CCOCC2)C1. The van der Waals surface area contributed by atoms with E-state index in [4.69, 9.17) is 15.2 Å². The van der Waals surface area contributed by atoms with Crippen molar-refractivity contribution >= 4 is 0 Å². The molecule has 0 aromatic rings. The summed E-state index contributed by atoms with van der Waals surface area (Å²) in [5, 5.41) is 0. The van der Waals surface area contributed by atoms with Gasteiger partial charge in [0.1, 0.15) is 0 Å². The van der Waals surface area contributed by atoms with Crippen LogP contribution in [-0.4, -0.2) is 31.5 Å². The second-order valence-corrected chi connectivity index (χ2v) is 8.23. The molecule has 4 aliphatic rings. The van der Waals surface area contributed by atoms with Crippen LogP contribution in [0.25, 0.3) is 0 Å². The van der Waals surface area contributed by atoms with Gasteiger partial charge in [-0.25, -0.2) is 0 Å². The molecular weight excluding hydrogens is 262 g/mol. The molecule has 21 heavy (non-hydrogen) atoms. The molecule has 0 aromatic heterocycles. The van der Waals surface area contributed by atoms with Crippen molar-refractivity contribution in [3.63, 3.8) is 0 Å². The highest BCUT2D eigenvalue weighted by atomic mass is 16.5. The van der Waals surface area contributed by atoms with Gasteiger partial charge in [-0.2, -0.15) is 0 Å². The molecule has 2 aliphatic heterocycles. The molecule has 4 rings (SSSR count). The molecule has 0 radical (unpaired) electrons. The van der Waals surface area contributed by atoms with Crippen molar-refractivity contribution in [2.24, 2.45) is 29.4 Å². The van der Waals surface area contributed by atoms with E-state index < -0.39 is 0 Å². The Morgan fingerprint density at radius 1 is 1.05 bits per heavy atom. The van der Waals surface area contributed by atoms with Gasteiger partial charge in [0.05, 0.1) is 5.60 Å². The van der Waals surface area contributed by atoms with E-state index in [0.29, 0.717) is 12.0 Å². The number of nitrogens with two attached hydrogens (primary N) is 1. The summed E-state index contributed by atoms with van der Waals surface area (Å²) < 4.78 is 11.7. The normalized spacial score (nSPS) is 43.3. The van der Waals surface area contributed by atoms with Gasteiger partial charge >= 0.3 is 0 Å². The van der Waals surface area contributed by atoms with Crippen LogP contribution < -0.4 is 5.73 Å². The maximum absolute atomic E-state index is 6.66. The first kappa shape index (κ1) is 14.5. The molecule has 3 heteroatoms. The van der Waals surface area contributed by atoms with Crippen molar-refractivity contribution in [3.05, 3.63) is 0 Å². The van der Waals surface area contributed by atoms with E-state index in [1.165, 1.54) is 44.9 Å². The molecule has 5 unspecified atom stereocenters. The molecule has 2 saturated heterocycles. The summed E-state index contributed by atoms with van der Waals surface area (Å²) in [7, 11) is 0. The Morgan fingerprint density at radius 3 is 2.62 bits per heavy atom. The van der Waals surface area contributed by atoms with Crippen LogP contribution in [0.5, 0.6) is 0 Å². The summed E-state index contributed by atoms with van der Waals surface area (Å²) >= 11 is 0. The second-order valence-electron chi connectivity index (χ2n) is 8.23. The van der Waals surface area contributed by atoms with Crippen molar-refractivity contribution in [1.82, 2.24) is 0 Å². The Balaban J connectivity index is 1.34. The van der Waals surface area contributed by atoms with Gasteiger partial charge in [0, 0.05) is 25.9 Å². The van der Waals surface area contributed by atoms with Crippen LogP contribution in [0.3, 0.4) is 0 Å². The Labute approximate surface area is 128 Å². The van der Waals surface area contributed by atoms with Crippen LogP contribution in [0.15, 0.2) is 0 Å². The zero-order valence-corrected chi connectivity index (χ0v) is 13.3. The molecule has 4 fully saturated rings. The van der Waals surface area contributed by atoms with Gasteiger partial charge < -0.3 is 15.2 Å². The largest absolute Gasteiger partial charge is 0.381 e. The highest BCUT2D eigenvalue weighted by Crippen LogP contribution is 2.50. The third-order valence-electron chi connectivity index (χ3n) is 7.00. The number of ether oxygens (including phenoxy) is 2. The summed E-state index contributed by atoms with van der Waals surface area (Å²) in [5.41, 5.74) is 6.77. The van der Waals surface area contributed by atoms with Gasteiger partial charge in [0.2, 0.25) is 0 Å². The fourth-order valence-electron chi connectivity index (χ4n) is 5.73. The van der Waals surface area contributed by atoms with Crippen molar-refractivity contribution in [3.8, 4) is 0 Å². The molecule has 0 amide bonds. The smallest absolute Gasteiger partial charge is 0.0729 e. The van der Waals surface area contributed by atoms with Crippen molar-refractivity contribution in [2.75, 3.05) is 19.8 Å². The zero-order valence-electron chi connectivity index (χ0n) is 13.3. The minimum atomic E-state index is 0.105. The molecule has 5 atom stereocenters. The van der Waals surface area contributed by atoms with Gasteiger partial charge in [0.15, 0.2) is 0 Å². The second kappa shape index (κ2) is 5.82. The Bertz CT molecular complexity index is 361. The highest BCUT2D eigenvalue weighted by Gasteiger charge is 2.43. The molecule has 120 valence electrons. The van der Waals surface area contributed by atoms with Gasteiger partial charge in [-0.3, -0.25) is 0 Å². The maximum atomic E-state index is 6.66. The lowest BCUT2D eigenvalue weighted by Gasteiger charge is -2.45. The average molecular weight is 293 g/mol. The number of rotatable bonds is 3. The van der Waals surface area contributed by atoms with Crippen molar-refractivity contribution in [1.29, 1.82) is 0 Å². The minimum absolute atomic E-state index is 0.105. The number of hydrogen-bond donors (Lipinski definition) is 1. The third-order valence-corrected chi connectivity index (χ3v) is 7.00. The Kier molecular flexibility index (Phi) is 4.01. The topological polar surface area (TPSA) is 44.5 Å². The van der Waals surface area contributed by atoms with Crippen molar-refractivity contribution < 1.29 is 9.47 Å². The first-order chi connectivity index (χ1) is 10.2. The van der Waals surface area contributed by atoms with Crippen LogP contribution in [0.4, 0.5) is 0 Å². The molecule has 2 heterocycles. The van der Waals surface area contributed by atoms with Gasteiger partial charge in [-0.15, -0.1) is 0 Å². The van der Waals surface area contributed by atoms with E-state index in [1.54, 1.807) is 0 Å². The lowest BCUT2D eigenvalue weighted by Crippen LogP contribution is -2.48. The van der Waals surface area contributed by atoms with E-state index in [0.717, 1.165) is 50.4 Å². The predicted molar refractivity (Wildman–Crippen MR) is 83.0 cm³/mol. The quantitative estimate of drug-likeness (QED) is 0.869. The lowest BCUT2D eigenvalue weighted by molar-refractivity contribution is -0.149. The number of fused-ring (bicyclic) bond motifs is 2. The molecule has 2 aliphatic carbocycles. The van der Waals surface area contributed by atoms with Gasteiger partial charge in [0.25, 0.3) is 0 Å². The Hall–Kier alpha value is -0.120. The summed E-state index contributed by atoms with van der Waals surface area (Å²) in [6.45, 7) is 2.65. The average Bonchev–Trinajstić information content (AvgIpc) is 3.11. The maximum Gasteiger partial charge on any atom is 0.0729 e.